The highest BCUT2D eigenvalue weighted by Gasteiger charge is 2.12. The molecule has 0 amide bonds. The summed E-state index contributed by atoms with van der Waals surface area (Å²) in [4.78, 5) is 15.5. The number of nitrogens with zero attached hydrogens (tertiary/aromatic N) is 1. The molecule has 94 valence electrons. The maximum Gasteiger partial charge on any atom is 0.188 e. The molecule has 0 aliphatic heterocycles. The Balaban J connectivity index is 2.45. The highest BCUT2D eigenvalue weighted by atomic mass is 32.1. The van der Waals surface area contributed by atoms with Gasteiger partial charge in [0.2, 0.25) is 0 Å². The standard InChI is InChI=1S/C13H13NO3S/c1-8(15)13-14-11(7-18-13)10-5-4-9(16-2)6-12(10)17-3/h4-7H,1-3H3. The van der Waals surface area contributed by atoms with Gasteiger partial charge in [0, 0.05) is 23.9 Å². The highest BCUT2D eigenvalue weighted by molar-refractivity contribution is 7.12. The van der Waals surface area contributed by atoms with Gasteiger partial charge in [-0.05, 0) is 12.1 Å². The molecule has 0 saturated heterocycles. The van der Waals surface area contributed by atoms with Crippen LogP contribution in [0.4, 0.5) is 0 Å². The van der Waals surface area contributed by atoms with Crippen molar-refractivity contribution < 1.29 is 14.3 Å². The summed E-state index contributed by atoms with van der Waals surface area (Å²) in [5.41, 5.74) is 1.59. The zero-order chi connectivity index (χ0) is 13.1. The number of ether oxygens (including phenoxy) is 2. The number of methoxy groups -OCH3 is 2. The smallest absolute Gasteiger partial charge is 0.188 e. The van der Waals surface area contributed by atoms with Crippen molar-refractivity contribution >= 4 is 17.1 Å². The lowest BCUT2D eigenvalue weighted by Gasteiger charge is -2.08. The SMILES string of the molecule is COc1ccc(-c2csc(C(C)=O)n2)c(OC)c1. The predicted octanol–water partition coefficient (Wildman–Crippen LogP) is 3.03. The second-order valence-corrected chi connectivity index (χ2v) is 4.52. The van der Waals surface area contributed by atoms with Crippen LogP contribution in [0, 0.1) is 0 Å². The van der Waals surface area contributed by atoms with Gasteiger partial charge in [-0.1, -0.05) is 0 Å². The molecule has 18 heavy (non-hydrogen) atoms. The Morgan fingerprint density at radius 2 is 2.06 bits per heavy atom. The number of thiazole rings is 1. The van der Waals surface area contributed by atoms with Crippen molar-refractivity contribution in [2.75, 3.05) is 14.2 Å². The normalized spacial score (nSPS) is 10.2. The molecule has 0 atom stereocenters. The molecule has 1 heterocycles. The van der Waals surface area contributed by atoms with Crippen molar-refractivity contribution in [2.24, 2.45) is 0 Å². The first-order chi connectivity index (χ1) is 8.65. The lowest BCUT2D eigenvalue weighted by molar-refractivity contribution is 0.101. The molecular formula is C13H13NO3S. The Bertz CT molecular complexity index is 577. The molecule has 0 aliphatic carbocycles. The summed E-state index contributed by atoms with van der Waals surface area (Å²) < 4.78 is 10.5. The van der Waals surface area contributed by atoms with E-state index in [2.05, 4.69) is 4.98 Å². The van der Waals surface area contributed by atoms with Gasteiger partial charge in [-0.2, -0.15) is 0 Å². The Morgan fingerprint density at radius 3 is 2.61 bits per heavy atom. The number of hydrogen-bond acceptors (Lipinski definition) is 5. The topological polar surface area (TPSA) is 48.4 Å². The fourth-order valence-electron chi connectivity index (χ4n) is 1.57. The number of carbonyl (C=O) groups excluding carboxylic acids is 1. The van der Waals surface area contributed by atoms with Gasteiger partial charge in [0.15, 0.2) is 10.8 Å². The number of benzene rings is 1. The van der Waals surface area contributed by atoms with Crippen molar-refractivity contribution in [3.63, 3.8) is 0 Å². The summed E-state index contributed by atoms with van der Waals surface area (Å²) in [6.07, 6.45) is 0. The molecule has 2 rings (SSSR count). The van der Waals surface area contributed by atoms with E-state index in [1.54, 1.807) is 20.3 Å². The third-order valence-corrected chi connectivity index (χ3v) is 3.43. The van der Waals surface area contributed by atoms with Crippen molar-refractivity contribution in [2.45, 2.75) is 6.92 Å². The molecule has 2 aromatic rings. The number of rotatable bonds is 4. The van der Waals surface area contributed by atoms with Gasteiger partial charge in [0.25, 0.3) is 0 Å². The third kappa shape index (κ3) is 2.36. The molecule has 0 aliphatic rings. The number of Topliss-reactive ketones (excluding diaryl/α,β-unsaturated/α-hetero) is 1. The van der Waals surface area contributed by atoms with E-state index in [-0.39, 0.29) is 5.78 Å². The largest absolute Gasteiger partial charge is 0.497 e. The number of hydrogen-bond donors (Lipinski definition) is 0. The van der Waals surface area contributed by atoms with Crippen LogP contribution >= 0.6 is 11.3 Å². The summed E-state index contributed by atoms with van der Waals surface area (Å²) in [6.45, 7) is 1.51. The zero-order valence-electron chi connectivity index (χ0n) is 10.4. The van der Waals surface area contributed by atoms with Gasteiger partial charge in [0.1, 0.15) is 11.5 Å². The van der Waals surface area contributed by atoms with Crippen LogP contribution in [0.3, 0.4) is 0 Å². The molecule has 0 radical (unpaired) electrons. The highest BCUT2D eigenvalue weighted by Crippen LogP contribution is 2.33. The van der Waals surface area contributed by atoms with Crippen LogP contribution in [0.2, 0.25) is 0 Å². The van der Waals surface area contributed by atoms with E-state index in [1.807, 2.05) is 17.5 Å². The minimum absolute atomic E-state index is 0.0290. The summed E-state index contributed by atoms with van der Waals surface area (Å²) >= 11 is 1.33. The molecule has 0 saturated carbocycles. The van der Waals surface area contributed by atoms with E-state index in [4.69, 9.17) is 9.47 Å². The molecule has 0 bridgehead atoms. The van der Waals surface area contributed by atoms with Crippen LogP contribution in [-0.4, -0.2) is 25.0 Å². The minimum atomic E-state index is -0.0290. The van der Waals surface area contributed by atoms with Gasteiger partial charge < -0.3 is 9.47 Å². The first-order valence-corrected chi connectivity index (χ1v) is 6.22. The summed E-state index contributed by atoms with van der Waals surface area (Å²) in [5.74, 6) is 1.37. The van der Waals surface area contributed by atoms with Crippen molar-refractivity contribution in [3.05, 3.63) is 28.6 Å². The summed E-state index contributed by atoms with van der Waals surface area (Å²) in [6, 6.07) is 5.50. The van der Waals surface area contributed by atoms with E-state index in [9.17, 15) is 4.79 Å². The Kier molecular flexibility index (Phi) is 3.62. The molecule has 4 nitrogen and oxygen atoms in total. The van der Waals surface area contributed by atoms with Crippen LogP contribution in [-0.2, 0) is 0 Å². The lowest BCUT2D eigenvalue weighted by Crippen LogP contribution is -1.92. The molecule has 0 N–H and O–H groups in total. The molecule has 0 spiro atoms. The molecule has 0 fully saturated rings. The van der Waals surface area contributed by atoms with Crippen LogP contribution < -0.4 is 9.47 Å². The number of carbonyl (C=O) groups is 1. The average Bonchev–Trinajstić information content (AvgIpc) is 2.87. The zero-order valence-corrected chi connectivity index (χ0v) is 11.2. The molecular weight excluding hydrogens is 250 g/mol. The number of aromatic nitrogens is 1. The molecule has 5 heteroatoms. The van der Waals surface area contributed by atoms with Gasteiger partial charge in [0.05, 0.1) is 19.9 Å². The van der Waals surface area contributed by atoms with Gasteiger partial charge >= 0.3 is 0 Å². The van der Waals surface area contributed by atoms with E-state index < -0.39 is 0 Å². The van der Waals surface area contributed by atoms with Crippen LogP contribution in [0.15, 0.2) is 23.6 Å². The monoisotopic (exact) mass is 263 g/mol. The van der Waals surface area contributed by atoms with Crippen molar-refractivity contribution in [3.8, 4) is 22.8 Å². The fourth-order valence-corrected chi connectivity index (χ4v) is 2.29. The molecule has 1 aromatic carbocycles. The predicted molar refractivity (Wildman–Crippen MR) is 70.7 cm³/mol. The molecule has 0 unspecified atom stereocenters. The minimum Gasteiger partial charge on any atom is -0.497 e. The van der Waals surface area contributed by atoms with Crippen molar-refractivity contribution in [1.29, 1.82) is 0 Å². The summed E-state index contributed by atoms with van der Waals surface area (Å²) in [7, 11) is 3.20. The lowest BCUT2D eigenvalue weighted by atomic mass is 10.1. The number of ketones is 1. The Labute approximate surface area is 109 Å². The fraction of sp³-hybridized carbons (Fsp3) is 0.231. The van der Waals surface area contributed by atoms with Crippen LogP contribution in [0.1, 0.15) is 16.7 Å². The summed E-state index contributed by atoms with van der Waals surface area (Å²) in [5, 5.41) is 2.35. The van der Waals surface area contributed by atoms with E-state index in [0.29, 0.717) is 10.8 Å². The average molecular weight is 263 g/mol. The van der Waals surface area contributed by atoms with Gasteiger partial charge in [-0.3, -0.25) is 4.79 Å². The Morgan fingerprint density at radius 1 is 1.28 bits per heavy atom. The van der Waals surface area contributed by atoms with Crippen LogP contribution in [0.5, 0.6) is 11.5 Å². The first-order valence-electron chi connectivity index (χ1n) is 5.34. The van der Waals surface area contributed by atoms with Gasteiger partial charge in [-0.15, -0.1) is 11.3 Å². The maximum atomic E-state index is 11.2. The Hall–Kier alpha value is -1.88. The van der Waals surface area contributed by atoms with E-state index in [0.717, 1.165) is 17.0 Å². The quantitative estimate of drug-likeness (QED) is 0.795. The van der Waals surface area contributed by atoms with Gasteiger partial charge in [-0.25, -0.2) is 4.98 Å². The van der Waals surface area contributed by atoms with Crippen LogP contribution in [0.25, 0.3) is 11.3 Å². The third-order valence-electron chi connectivity index (χ3n) is 2.49. The maximum absolute atomic E-state index is 11.2. The van der Waals surface area contributed by atoms with Crippen molar-refractivity contribution in [1.82, 2.24) is 4.98 Å². The van der Waals surface area contributed by atoms with E-state index in [1.165, 1.54) is 18.3 Å². The second kappa shape index (κ2) is 5.18. The first kappa shape index (κ1) is 12.6. The second-order valence-electron chi connectivity index (χ2n) is 3.66. The molecule has 1 aromatic heterocycles. The van der Waals surface area contributed by atoms with E-state index >= 15 is 0 Å².